The van der Waals surface area contributed by atoms with Gasteiger partial charge in [0.1, 0.15) is 0 Å². The van der Waals surface area contributed by atoms with Crippen molar-refractivity contribution in [1.82, 2.24) is 10.6 Å². The van der Waals surface area contributed by atoms with Gasteiger partial charge < -0.3 is 20.1 Å². The van der Waals surface area contributed by atoms with Crippen LogP contribution < -0.4 is 20.1 Å². The lowest BCUT2D eigenvalue weighted by atomic mass is 10.2. The Balaban J connectivity index is 1.89. The molecule has 0 aliphatic carbocycles. The average Bonchev–Trinajstić information content (AvgIpc) is 3.10. The van der Waals surface area contributed by atoms with E-state index >= 15 is 0 Å². The maximum absolute atomic E-state index is 5.37. The number of nitrogens with one attached hydrogen (secondary N) is 2. The highest BCUT2D eigenvalue weighted by Gasteiger charge is 2.10. The van der Waals surface area contributed by atoms with Gasteiger partial charge in [0, 0.05) is 25.0 Å². The molecule has 0 atom stereocenters. The number of thiophene rings is 1. The predicted molar refractivity (Wildman–Crippen MR) is 103 cm³/mol. The van der Waals surface area contributed by atoms with Crippen LogP contribution in [-0.2, 0) is 13.0 Å². The van der Waals surface area contributed by atoms with Crippen molar-refractivity contribution >= 4 is 33.2 Å². The van der Waals surface area contributed by atoms with Gasteiger partial charge >= 0.3 is 0 Å². The van der Waals surface area contributed by atoms with Gasteiger partial charge in [-0.25, -0.2) is 0 Å². The van der Waals surface area contributed by atoms with Crippen molar-refractivity contribution < 1.29 is 9.47 Å². The molecule has 0 spiro atoms. The van der Waals surface area contributed by atoms with Gasteiger partial charge in [-0.3, -0.25) is 4.99 Å². The molecule has 2 aromatic rings. The molecular weight excluding hydrogens is 390 g/mol. The third-order valence-corrected chi connectivity index (χ3v) is 4.95. The quantitative estimate of drug-likeness (QED) is 0.541. The Morgan fingerprint density at radius 1 is 1.25 bits per heavy atom. The number of nitrogens with zero attached hydrogens (tertiary/aromatic N) is 1. The molecule has 0 aliphatic heterocycles. The number of rotatable bonds is 7. The first-order valence-electron chi connectivity index (χ1n) is 7.55. The van der Waals surface area contributed by atoms with Crippen LogP contribution in [0.15, 0.2) is 39.1 Å². The van der Waals surface area contributed by atoms with Gasteiger partial charge in [-0.2, -0.15) is 0 Å². The van der Waals surface area contributed by atoms with E-state index in [2.05, 4.69) is 49.1 Å². The summed E-state index contributed by atoms with van der Waals surface area (Å²) in [5, 5.41) is 8.72. The monoisotopic (exact) mass is 411 g/mol. The Bertz CT molecular complexity index is 675. The highest BCUT2D eigenvalue weighted by atomic mass is 79.9. The van der Waals surface area contributed by atoms with Crippen molar-refractivity contribution in [3.8, 4) is 11.5 Å². The lowest BCUT2D eigenvalue weighted by Gasteiger charge is -2.14. The molecule has 0 fully saturated rings. The fourth-order valence-electron chi connectivity index (χ4n) is 2.24. The van der Waals surface area contributed by atoms with Crippen molar-refractivity contribution in [3.63, 3.8) is 0 Å². The van der Waals surface area contributed by atoms with E-state index in [1.165, 1.54) is 4.88 Å². The highest BCUT2D eigenvalue weighted by Crippen LogP contribution is 2.36. The van der Waals surface area contributed by atoms with Crippen molar-refractivity contribution in [2.45, 2.75) is 13.0 Å². The van der Waals surface area contributed by atoms with Crippen LogP contribution in [0.5, 0.6) is 11.5 Å². The fraction of sp³-hybridized carbons (Fsp3) is 0.353. The van der Waals surface area contributed by atoms with Crippen LogP contribution in [0.4, 0.5) is 0 Å². The zero-order chi connectivity index (χ0) is 17.4. The average molecular weight is 412 g/mol. The first-order valence-corrected chi connectivity index (χ1v) is 9.22. The molecule has 5 nitrogen and oxygen atoms in total. The molecule has 0 saturated heterocycles. The number of methoxy groups -OCH3 is 2. The molecule has 0 bridgehead atoms. The maximum Gasteiger partial charge on any atom is 0.191 e. The summed E-state index contributed by atoms with van der Waals surface area (Å²) in [5.74, 6) is 2.17. The number of guanidine groups is 1. The largest absolute Gasteiger partial charge is 0.493 e. The van der Waals surface area contributed by atoms with Crippen molar-refractivity contribution in [1.29, 1.82) is 0 Å². The molecule has 0 aliphatic rings. The summed E-state index contributed by atoms with van der Waals surface area (Å²) in [4.78, 5) is 5.61. The topological polar surface area (TPSA) is 54.9 Å². The molecule has 1 aromatic heterocycles. The fourth-order valence-corrected chi connectivity index (χ4v) is 3.60. The Labute approximate surface area is 155 Å². The minimum absolute atomic E-state index is 0.637. The molecule has 0 amide bonds. The van der Waals surface area contributed by atoms with Gasteiger partial charge in [0.05, 0.1) is 18.7 Å². The maximum atomic E-state index is 5.37. The van der Waals surface area contributed by atoms with Gasteiger partial charge in [-0.15, -0.1) is 11.3 Å². The summed E-state index contributed by atoms with van der Waals surface area (Å²) in [7, 11) is 5.03. The summed E-state index contributed by atoms with van der Waals surface area (Å²) >= 11 is 5.28. The van der Waals surface area contributed by atoms with Gasteiger partial charge in [0.2, 0.25) is 0 Å². The zero-order valence-corrected chi connectivity index (χ0v) is 16.5. The number of aliphatic imine (C=N–C) groups is 1. The van der Waals surface area contributed by atoms with Crippen molar-refractivity contribution in [2.24, 2.45) is 4.99 Å². The van der Waals surface area contributed by atoms with Crippen LogP contribution >= 0.6 is 27.3 Å². The van der Waals surface area contributed by atoms with Crippen LogP contribution in [0.2, 0.25) is 0 Å². The first kappa shape index (κ1) is 18.6. The summed E-state index contributed by atoms with van der Waals surface area (Å²) in [6, 6.07) is 8.18. The Hall–Kier alpha value is -1.73. The smallest absolute Gasteiger partial charge is 0.191 e. The predicted octanol–water partition coefficient (Wildman–Crippen LogP) is 3.44. The highest BCUT2D eigenvalue weighted by molar-refractivity contribution is 9.10. The van der Waals surface area contributed by atoms with E-state index in [1.54, 1.807) is 32.6 Å². The molecule has 1 aromatic carbocycles. The molecule has 2 rings (SSSR count). The van der Waals surface area contributed by atoms with Crippen LogP contribution in [0.1, 0.15) is 10.4 Å². The van der Waals surface area contributed by atoms with Crippen LogP contribution in [0, 0.1) is 0 Å². The summed E-state index contributed by atoms with van der Waals surface area (Å²) < 4.78 is 11.6. The Kier molecular flexibility index (Phi) is 7.39. The molecule has 0 saturated carbocycles. The number of halogens is 1. The molecule has 0 unspecified atom stereocenters. The summed E-state index contributed by atoms with van der Waals surface area (Å²) in [5.41, 5.74) is 1.07. The third kappa shape index (κ3) is 5.14. The van der Waals surface area contributed by atoms with Gasteiger partial charge in [-0.1, -0.05) is 6.07 Å². The SMILES string of the molecule is CN=C(NCCc1cccs1)NCc1cc(Br)c(OC)c(OC)c1. The van der Waals surface area contributed by atoms with E-state index in [-0.39, 0.29) is 0 Å². The Morgan fingerprint density at radius 2 is 2.08 bits per heavy atom. The standard InChI is InChI=1S/C17H22BrN3O2S/c1-19-17(20-7-6-13-5-4-8-24-13)21-11-12-9-14(18)16(23-3)15(10-12)22-2/h4-5,8-10H,6-7,11H2,1-3H3,(H2,19,20,21). The molecular formula is C17H22BrN3O2S. The molecule has 0 radical (unpaired) electrons. The van der Waals surface area contributed by atoms with Crippen LogP contribution in [0.3, 0.4) is 0 Å². The number of benzene rings is 1. The first-order chi connectivity index (χ1) is 11.7. The number of hydrogen-bond acceptors (Lipinski definition) is 4. The second-order valence-electron chi connectivity index (χ2n) is 5.00. The summed E-state index contributed by atoms with van der Waals surface area (Å²) in [6.07, 6.45) is 0.986. The minimum Gasteiger partial charge on any atom is -0.493 e. The normalized spacial score (nSPS) is 11.2. The Morgan fingerprint density at radius 3 is 2.71 bits per heavy atom. The minimum atomic E-state index is 0.637. The van der Waals surface area contributed by atoms with Crippen molar-refractivity contribution in [3.05, 3.63) is 44.6 Å². The zero-order valence-electron chi connectivity index (χ0n) is 14.1. The van der Waals surface area contributed by atoms with E-state index in [0.29, 0.717) is 18.0 Å². The van der Waals surface area contributed by atoms with Gasteiger partial charge in [-0.05, 0) is 51.5 Å². The summed E-state index contributed by atoms with van der Waals surface area (Å²) in [6.45, 7) is 1.48. The second-order valence-corrected chi connectivity index (χ2v) is 6.88. The second kappa shape index (κ2) is 9.54. The lowest BCUT2D eigenvalue weighted by Crippen LogP contribution is -2.37. The number of hydrogen-bond donors (Lipinski definition) is 2. The third-order valence-electron chi connectivity index (χ3n) is 3.42. The lowest BCUT2D eigenvalue weighted by molar-refractivity contribution is 0.352. The molecule has 1 heterocycles. The van der Waals surface area contributed by atoms with E-state index in [9.17, 15) is 0 Å². The molecule has 2 N–H and O–H groups in total. The molecule has 130 valence electrons. The van der Waals surface area contributed by atoms with Crippen molar-refractivity contribution in [2.75, 3.05) is 27.8 Å². The van der Waals surface area contributed by atoms with Gasteiger partial charge in [0.25, 0.3) is 0 Å². The molecule has 24 heavy (non-hydrogen) atoms. The van der Waals surface area contributed by atoms with Crippen LogP contribution in [-0.4, -0.2) is 33.8 Å². The van der Waals surface area contributed by atoms with E-state index in [1.807, 2.05) is 12.1 Å². The number of ether oxygens (including phenoxy) is 2. The molecule has 7 heteroatoms. The van der Waals surface area contributed by atoms with Gasteiger partial charge in [0.15, 0.2) is 17.5 Å². The van der Waals surface area contributed by atoms with Crippen LogP contribution in [0.25, 0.3) is 0 Å². The van der Waals surface area contributed by atoms with E-state index in [0.717, 1.165) is 29.0 Å². The van der Waals surface area contributed by atoms with E-state index in [4.69, 9.17) is 9.47 Å². The van der Waals surface area contributed by atoms with E-state index < -0.39 is 0 Å².